The fraction of sp³-hybridized carbons (Fsp3) is 0.167. The van der Waals surface area contributed by atoms with Crippen molar-refractivity contribution in [3.8, 4) is 11.5 Å². The Kier molecular flexibility index (Phi) is 3.78. The second-order valence-corrected chi connectivity index (χ2v) is 6.23. The van der Waals surface area contributed by atoms with Gasteiger partial charge in [0.05, 0.1) is 0 Å². The predicted octanol–water partition coefficient (Wildman–Crippen LogP) is 3.19. The molecule has 24 heavy (non-hydrogen) atoms. The number of hydrogen-bond donors (Lipinski definition) is 2. The van der Waals surface area contributed by atoms with Crippen LogP contribution in [0, 0.1) is 0 Å². The zero-order valence-electron chi connectivity index (χ0n) is 12.8. The first-order chi connectivity index (χ1) is 11.7. The average Bonchev–Trinajstić information content (AvgIpc) is 2.97. The third kappa shape index (κ3) is 2.78. The van der Waals surface area contributed by atoms with Gasteiger partial charge in [0.15, 0.2) is 5.82 Å². The van der Waals surface area contributed by atoms with Crippen molar-refractivity contribution in [2.75, 3.05) is 6.54 Å². The van der Waals surface area contributed by atoms with Crippen molar-refractivity contribution in [1.29, 1.82) is 0 Å². The molecule has 3 aromatic rings. The van der Waals surface area contributed by atoms with Gasteiger partial charge in [-0.1, -0.05) is 29.8 Å². The molecular weight excluding hydrogens is 324 g/mol. The molecule has 0 spiro atoms. The molecule has 0 saturated heterocycles. The van der Waals surface area contributed by atoms with Gasteiger partial charge in [-0.2, -0.15) is 0 Å². The molecule has 4 rings (SSSR count). The molecule has 2 N–H and O–H groups in total. The van der Waals surface area contributed by atoms with Crippen molar-refractivity contribution in [3.05, 3.63) is 70.6 Å². The molecule has 0 unspecified atom stereocenters. The van der Waals surface area contributed by atoms with E-state index in [9.17, 15) is 4.79 Å². The number of hydrogen-bond acceptors (Lipinski definition) is 3. The molecule has 0 radical (unpaired) electrons. The van der Waals surface area contributed by atoms with E-state index in [0.717, 1.165) is 17.0 Å². The number of nitrogens with one attached hydrogen (secondary N) is 2. The lowest BCUT2D eigenvalue weighted by molar-refractivity contribution is 0.0950. The number of aromatic nitrogens is 3. The highest BCUT2D eigenvalue weighted by Gasteiger charge is 2.26. The molecule has 0 fully saturated rings. The second-order valence-electron chi connectivity index (χ2n) is 5.79. The van der Waals surface area contributed by atoms with Gasteiger partial charge in [0.25, 0.3) is 5.91 Å². The molecule has 0 aliphatic carbocycles. The molecular formula is C18H15ClN4O. The molecule has 2 aromatic heterocycles. The van der Waals surface area contributed by atoms with Crippen LogP contribution in [0.15, 0.2) is 48.7 Å². The van der Waals surface area contributed by atoms with E-state index in [1.54, 1.807) is 6.20 Å². The molecule has 1 amide bonds. The number of halogens is 1. The number of fused-ring (bicyclic) bond motifs is 1. The first kappa shape index (κ1) is 14.9. The number of benzene rings is 1. The van der Waals surface area contributed by atoms with Crippen LogP contribution < -0.4 is 5.32 Å². The number of imidazole rings is 1. The zero-order valence-corrected chi connectivity index (χ0v) is 13.5. The average molecular weight is 339 g/mol. The number of pyridine rings is 1. The van der Waals surface area contributed by atoms with E-state index in [4.69, 9.17) is 11.6 Å². The highest BCUT2D eigenvalue weighted by atomic mass is 35.5. The summed E-state index contributed by atoms with van der Waals surface area (Å²) in [6.07, 6.45) is 2.41. The summed E-state index contributed by atoms with van der Waals surface area (Å²) in [5.41, 5.74) is 3.15. The van der Waals surface area contributed by atoms with E-state index in [0.29, 0.717) is 29.5 Å². The van der Waals surface area contributed by atoms with Crippen LogP contribution in [0.4, 0.5) is 0 Å². The van der Waals surface area contributed by atoms with Gasteiger partial charge in [-0.25, -0.2) is 4.98 Å². The van der Waals surface area contributed by atoms with Gasteiger partial charge in [-0.15, -0.1) is 0 Å². The molecule has 1 atom stereocenters. The lowest BCUT2D eigenvalue weighted by atomic mass is 9.94. The summed E-state index contributed by atoms with van der Waals surface area (Å²) in [5, 5.41) is 3.66. The molecule has 1 aliphatic rings. The van der Waals surface area contributed by atoms with E-state index in [-0.39, 0.29) is 11.8 Å². The Morgan fingerprint density at radius 3 is 2.71 bits per heavy atom. The van der Waals surface area contributed by atoms with Crippen LogP contribution >= 0.6 is 11.6 Å². The highest BCUT2D eigenvalue weighted by Crippen LogP contribution is 2.27. The summed E-state index contributed by atoms with van der Waals surface area (Å²) in [6, 6.07) is 13.4. The van der Waals surface area contributed by atoms with Gasteiger partial charge in [-0.05, 0) is 36.2 Å². The molecule has 6 heteroatoms. The molecule has 5 nitrogen and oxygen atoms in total. The number of rotatable bonds is 2. The summed E-state index contributed by atoms with van der Waals surface area (Å²) in [7, 11) is 0. The maximum atomic E-state index is 12.3. The van der Waals surface area contributed by atoms with Gasteiger partial charge in [0.1, 0.15) is 11.4 Å². The minimum Gasteiger partial charge on any atom is -0.350 e. The summed E-state index contributed by atoms with van der Waals surface area (Å²) < 4.78 is 0. The molecule has 120 valence electrons. The summed E-state index contributed by atoms with van der Waals surface area (Å²) >= 11 is 5.97. The van der Waals surface area contributed by atoms with Crippen LogP contribution in [-0.2, 0) is 6.42 Å². The molecule has 0 saturated carbocycles. The first-order valence-corrected chi connectivity index (χ1v) is 8.12. The van der Waals surface area contributed by atoms with Gasteiger partial charge in [-0.3, -0.25) is 9.78 Å². The van der Waals surface area contributed by atoms with Crippen molar-refractivity contribution in [2.24, 2.45) is 0 Å². The Hall–Kier alpha value is -2.66. The fourth-order valence-corrected chi connectivity index (χ4v) is 3.08. The minimum absolute atomic E-state index is 0.153. The monoisotopic (exact) mass is 338 g/mol. The van der Waals surface area contributed by atoms with E-state index in [1.807, 2.05) is 42.5 Å². The Balaban J connectivity index is 1.69. The minimum atomic E-state index is -0.153. The maximum absolute atomic E-state index is 12.3. The Morgan fingerprint density at radius 1 is 1.12 bits per heavy atom. The van der Waals surface area contributed by atoms with Crippen LogP contribution in [0.25, 0.3) is 11.5 Å². The van der Waals surface area contributed by atoms with Gasteiger partial charge in [0.2, 0.25) is 0 Å². The smallest absolute Gasteiger partial charge is 0.271 e. The molecule has 3 heterocycles. The Morgan fingerprint density at radius 2 is 1.96 bits per heavy atom. The second kappa shape index (κ2) is 6.09. The third-order valence-corrected chi connectivity index (χ3v) is 4.45. The van der Waals surface area contributed by atoms with E-state index in [1.165, 1.54) is 0 Å². The van der Waals surface area contributed by atoms with E-state index >= 15 is 0 Å². The number of carbonyl (C=O) groups is 1. The van der Waals surface area contributed by atoms with Gasteiger partial charge >= 0.3 is 0 Å². The number of aromatic amines is 1. The van der Waals surface area contributed by atoms with E-state index in [2.05, 4.69) is 20.3 Å². The Labute approximate surface area is 144 Å². The zero-order chi connectivity index (χ0) is 16.5. The van der Waals surface area contributed by atoms with Crippen molar-refractivity contribution < 1.29 is 4.79 Å². The third-order valence-electron chi connectivity index (χ3n) is 4.20. The topological polar surface area (TPSA) is 70.7 Å². The quantitative estimate of drug-likeness (QED) is 0.753. The summed E-state index contributed by atoms with van der Waals surface area (Å²) in [6.45, 7) is 0.573. The van der Waals surface area contributed by atoms with Crippen molar-refractivity contribution in [1.82, 2.24) is 20.3 Å². The highest BCUT2D eigenvalue weighted by molar-refractivity contribution is 6.30. The van der Waals surface area contributed by atoms with Crippen LogP contribution in [0.3, 0.4) is 0 Å². The van der Waals surface area contributed by atoms with Crippen LogP contribution in [0.5, 0.6) is 0 Å². The van der Waals surface area contributed by atoms with Crippen molar-refractivity contribution in [2.45, 2.75) is 12.3 Å². The largest absolute Gasteiger partial charge is 0.350 e. The van der Waals surface area contributed by atoms with Gasteiger partial charge < -0.3 is 10.3 Å². The standard InChI is InChI=1S/C18H15ClN4O/c19-13-6-4-11(5-7-13)12-9-15-16(18(24)21-10-12)23-17(22-15)14-3-1-2-8-20-14/h1-8,12H,9-10H2,(H,21,24)(H,22,23)/t12-/m0/s1. The van der Waals surface area contributed by atoms with Crippen molar-refractivity contribution in [3.63, 3.8) is 0 Å². The SMILES string of the molecule is O=C1NC[C@@H](c2ccc(Cl)cc2)Cc2[nH]c(-c3ccccn3)nc21. The fourth-order valence-electron chi connectivity index (χ4n) is 2.96. The lowest BCUT2D eigenvalue weighted by Crippen LogP contribution is -2.26. The first-order valence-electron chi connectivity index (χ1n) is 7.74. The lowest BCUT2D eigenvalue weighted by Gasteiger charge is -2.14. The molecule has 1 aliphatic heterocycles. The van der Waals surface area contributed by atoms with Gasteiger partial charge in [0, 0.05) is 29.4 Å². The summed E-state index contributed by atoms with van der Waals surface area (Å²) in [4.78, 5) is 24.4. The van der Waals surface area contributed by atoms with Crippen molar-refractivity contribution >= 4 is 17.5 Å². The number of H-pyrrole nitrogens is 1. The normalized spacial score (nSPS) is 17.0. The predicted molar refractivity (Wildman–Crippen MR) is 92.0 cm³/mol. The molecule has 0 bridgehead atoms. The number of carbonyl (C=O) groups excluding carboxylic acids is 1. The van der Waals surface area contributed by atoms with E-state index < -0.39 is 0 Å². The maximum Gasteiger partial charge on any atom is 0.271 e. The van der Waals surface area contributed by atoms with Crippen LogP contribution in [0.2, 0.25) is 5.02 Å². The number of nitrogens with zero attached hydrogens (tertiary/aromatic N) is 2. The van der Waals surface area contributed by atoms with Crippen LogP contribution in [0.1, 0.15) is 27.7 Å². The Bertz CT molecular complexity index is 874. The summed E-state index contributed by atoms with van der Waals surface area (Å²) in [5.74, 6) is 0.636. The number of amides is 1. The molecule has 1 aromatic carbocycles. The van der Waals surface area contributed by atoms with Crippen LogP contribution in [-0.4, -0.2) is 27.4 Å².